The first-order valence-electron chi connectivity index (χ1n) is 8.48. The van der Waals surface area contributed by atoms with Crippen molar-refractivity contribution in [1.29, 1.82) is 0 Å². The molecule has 0 aliphatic carbocycles. The Kier molecular flexibility index (Phi) is 5.37. The SMILES string of the molecule is COc1cccc(N(Cc2ccc(C)cc2)S(=O)(=O)c2ccc(N)cc2)c1. The molecule has 3 rings (SSSR count). The normalized spacial score (nSPS) is 11.2. The Balaban J connectivity index is 2.08. The maximum atomic E-state index is 13.4. The molecule has 3 aromatic rings. The molecule has 5 nitrogen and oxygen atoms in total. The second-order valence-corrected chi connectivity index (χ2v) is 8.13. The second kappa shape index (κ2) is 7.72. The van der Waals surface area contributed by atoms with Gasteiger partial charge in [0, 0.05) is 11.8 Å². The van der Waals surface area contributed by atoms with E-state index < -0.39 is 10.0 Å². The Morgan fingerprint density at radius 3 is 2.26 bits per heavy atom. The number of ether oxygens (including phenoxy) is 1. The summed E-state index contributed by atoms with van der Waals surface area (Å²) in [6, 6.07) is 21.0. The summed E-state index contributed by atoms with van der Waals surface area (Å²) in [5.41, 5.74) is 8.77. The first-order chi connectivity index (χ1) is 12.9. The standard InChI is InChI=1S/C21H22N2O3S/c1-16-6-8-17(9-7-16)15-23(19-4-3-5-20(14-19)26-2)27(24,25)21-12-10-18(22)11-13-21/h3-14H,15,22H2,1-2H3. The van der Waals surface area contributed by atoms with E-state index in [1.807, 2.05) is 31.2 Å². The van der Waals surface area contributed by atoms with Crippen molar-refractivity contribution in [2.45, 2.75) is 18.4 Å². The lowest BCUT2D eigenvalue weighted by Gasteiger charge is -2.25. The summed E-state index contributed by atoms with van der Waals surface area (Å²) >= 11 is 0. The number of hydrogen-bond acceptors (Lipinski definition) is 4. The van der Waals surface area contributed by atoms with Crippen molar-refractivity contribution >= 4 is 21.4 Å². The van der Waals surface area contributed by atoms with Crippen LogP contribution in [-0.2, 0) is 16.6 Å². The van der Waals surface area contributed by atoms with E-state index >= 15 is 0 Å². The molecule has 0 bridgehead atoms. The van der Waals surface area contributed by atoms with E-state index in [1.165, 1.54) is 16.4 Å². The Morgan fingerprint density at radius 1 is 0.963 bits per heavy atom. The number of aryl methyl sites for hydroxylation is 1. The molecule has 2 N–H and O–H groups in total. The predicted octanol–water partition coefficient (Wildman–Crippen LogP) is 3.98. The third kappa shape index (κ3) is 4.23. The van der Waals surface area contributed by atoms with Crippen LogP contribution in [0.1, 0.15) is 11.1 Å². The molecule has 0 spiro atoms. The molecule has 0 amide bonds. The van der Waals surface area contributed by atoms with Crippen molar-refractivity contribution in [3.05, 3.63) is 83.9 Å². The van der Waals surface area contributed by atoms with Crippen LogP contribution in [0.3, 0.4) is 0 Å². The average molecular weight is 382 g/mol. The van der Waals surface area contributed by atoms with E-state index in [-0.39, 0.29) is 11.4 Å². The van der Waals surface area contributed by atoms with Gasteiger partial charge in [0.05, 0.1) is 24.2 Å². The van der Waals surface area contributed by atoms with E-state index in [4.69, 9.17) is 10.5 Å². The van der Waals surface area contributed by atoms with Gasteiger partial charge in [-0.05, 0) is 48.9 Å². The van der Waals surface area contributed by atoms with E-state index in [0.29, 0.717) is 17.1 Å². The fourth-order valence-electron chi connectivity index (χ4n) is 2.71. The summed E-state index contributed by atoms with van der Waals surface area (Å²) in [6.45, 7) is 2.20. The summed E-state index contributed by atoms with van der Waals surface area (Å²) < 4.78 is 33.4. The molecular formula is C21H22N2O3S. The lowest BCUT2D eigenvalue weighted by Crippen LogP contribution is -2.30. The molecule has 0 aromatic heterocycles. The molecule has 0 atom stereocenters. The Hall–Kier alpha value is -2.99. The average Bonchev–Trinajstić information content (AvgIpc) is 2.67. The lowest BCUT2D eigenvalue weighted by atomic mass is 10.1. The van der Waals surface area contributed by atoms with Crippen molar-refractivity contribution < 1.29 is 13.2 Å². The molecule has 0 aliphatic heterocycles. The largest absolute Gasteiger partial charge is 0.497 e. The minimum absolute atomic E-state index is 0.187. The molecule has 0 fully saturated rings. The third-order valence-corrected chi connectivity index (χ3v) is 6.04. The Labute approximate surface area is 160 Å². The minimum atomic E-state index is -3.78. The fraction of sp³-hybridized carbons (Fsp3) is 0.143. The molecule has 0 radical (unpaired) electrons. The van der Waals surface area contributed by atoms with Crippen molar-refractivity contribution in [2.24, 2.45) is 0 Å². The lowest BCUT2D eigenvalue weighted by molar-refractivity contribution is 0.415. The number of sulfonamides is 1. The summed E-state index contributed by atoms with van der Waals surface area (Å²) in [6.07, 6.45) is 0. The Morgan fingerprint density at radius 2 is 1.63 bits per heavy atom. The van der Waals surface area contributed by atoms with Gasteiger partial charge < -0.3 is 10.5 Å². The van der Waals surface area contributed by atoms with Crippen LogP contribution in [0.5, 0.6) is 5.75 Å². The maximum absolute atomic E-state index is 13.4. The van der Waals surface area contributed by atoms with Crippen LogP contribution in [0, 0.1) is 6.92 Å². The highest BCUT2D eigenvalue weighted by Gasteiger charge is 2.25. The topological polar surface area (TPSA) is 72.6 Å². The van der Waals surface area contributed by atoms with E-state index in [0.717, 1.165) is 11.1 Å². The van der Waals surface area contributed by atoms with Crippen LogP contribution in [-0.4, -0.2) is 15.5 Å². The van der Waals surface area contributed by atoms with Gasteiger partial charge in [-0.2, -0.15) is 0 Å². The predicted molar refractivity (Wildman–Crippen MR) is 108 cm³/mol. The van der Waals surface area contributed by atoms with Crippen LogP contribution in [0.25, 0.3) is 0 Å². The number of nitrogen functional groups attached to an aromatic ring is 1. The van der Waals surface area contributed by atoms with Crippen LogP contribution >= 0.6 is 0 Å². The number of benzene rings is 3. The van der Waals surface area contributed by atoms with Gasteiger partial charge >= 0.3 is 0 Å². The van der Waals surface area contributed by atoms with Crippen LogP contribution in [0.15, 0.2) is 77.7 Å². The molecule has 0 saturated heterocycles. The number of methoxy groups -OCH3 is 1. The van der Waals surface area contributed by atoms with E-state index in [1.54, 1.807) is 43.5 Å². The number of nitrogens with zero attached hydrogens (tertiary/aromatic N) is 1. The molecular weight excluding hydrogens is 360 g/mol. The smallest absolute Gasteiger partial charge is 0.264 e. The molecule has 3 aromatic carbocycles. The van der Waals surface area contributed by atoms with Gasteiger partial charge in [0.15, 0.2) is 0 Å². The third-order valence-electron chi connectivity index (χ3n) is 4.26. The van der Waals surface area contributed by atoms with Crippen molar-refractivity contribution in [2.75, 3.05) is 17.1 Å². The van der Waals surface area contributed by atoms with Gasteiger partial charge in [-0.25, -0.2) is 8.42 Å². The maximum Gasteiger partial charge on any atom is 0.264 e. The monoisotopic (exact) mass is 382 g/mol. The number of rotatable bonds is 6. The minimum Gasteiger partial charge on any atom is -0.497 e. The highest BCUT2D eigenvalue weighted by Crippen LogP contribution is 2.29. The molecule has 0 heterocycles. The van der Waals surface area contributed by atoms with E-state index in [2.05, 4.69) is 0 Å². The summed E-state index contributed by atoms with van der Waals surface area (Å²) in [4.78, 5) is 0.187. The van der Waals surface area contributed by atoms with Gasteiger partial charge in [-0.15, -0.1) is 0 Å². The van der Waals surface area contributed by atoms with Gasteiger partial charge in [0.2, 0.25) is 0 Å². The van der Waals surface area contributed by atoms with Gasteiger partial charge in [-0.1, -0.05) is 35.9 Å². The van der Waals surface area contributed by atoms with Gasteiger partial charge in [0.1, 0.15) is 5.75 Å². The molecule has 0 unspecified atom stereocenters. The second-order valence-electron chi connectivity index (χ2n) is 6.27. The summed E-state index contributed by atoms with van der Waals surface area (Å²) in [5, 5.41) is 0. The molecule has 140 valence electrons. The van der Waals surface area contributed by atoms with Gasteiger partial charge in [0.25, 0.3) is 10.0 Å². The zero-order valence-corrected chi connectivity index (χ0v) is 16.1. The van der Waals surface area contributed by atoms with Crippen molar-refractivity contribution in [3.63, 3.8) is 0 Å². The highest BCUT2D eigenvalue weighted by atomic mass is 32.2. The first kappa shape index (κ1) is 18.8. The zero-order valence-electron chi connectivity index (χ0n) is 15.3. The highest BCUT2D eigenvalue weighted by molar-refractivity contribution is 7.92. The van der Waals surface area contributed by atoms with Crippen LogP contribution in [0.4, 0.5) is 11.4 Å². The molecule has 6 heteroatoms. The molecule has 0 saturated carbocycles. The summed E-state index contributed by atoms with van der Waals surface area (Å²) in [7, 11) is -2.23. The van der Waals surface area contributed by atoms with Crippen LogP contribution < -0.4 is 14.8 Å². The van der Waals surface area contributed by atoms with Gasteiger partial charge in [-0.3, -0.25) is 4.31 Å². The molecule has 27 heavy (non-hydrogen) atoms. The van der Waals surface area contributed by atoms with E-state index in [9.17, 15) is 8.42 Å². The summed E-state index contributed by atoms with van der Waals surface area (Å²) in [5.74, 6) is 0.592. The number of hydrogen-bond donors (Lipinski definition) is 1. The first-order valence-corrected chi connectivity index (χ1v) is 9.92. The van der Waals surface area contributed by atoms with Crippen molar-refractivity contribution in [1.82, 2.24) is 0 Å². The zero-order chi connectivity index (χ0) is 19.4. The number of anilines is 2. The quantitative estimate of drug-likeness (QED) is 0.655. The van der Waals surface area contributed by atoms with Crippen molar-refractivity contribution in [3.8, 4) is 5.75 Å². The Bertz CT molecular complexity index is 1010. The number of nitrogens with two attached hydrogens (primary N) is 1. The fourth-order valence-corrected chi connectivity index (χ4v) is 4.15. The molecule has 0 aliphatic rings. The van der Waals surface area contributed by atoms with Crippen LogP contribution in [0.2, 0.25) is 0 Å².